The van der Waals surface area contributed by atoms with Crippen LogP contribution in [0, 0.1) is 11.8 Å². The van der Waals surface area contributed by atoms with E-state index in [9.17, 15) is 13.2 Å². The molecular weight excluding hydrogens is 390 g/mol. The molecule has 1 aromatic carbocycles. The fourth-order valence-electron chi connectivity index (χ4n) is 4.49. The highest BCUT2D eigenvalue weighted by Crippen LogP contribution is 2.24. The molecule has 2 aliphatic rings. The van der Waals surface area contributed by atoms with Gasteiger partial charge in [-0.3, -0.25) is 9.69 Å². The van der Waals surface area contributed by atoms with E-state index < -0.39 is 10.0 Å². The monoisotopic (exact) mass is 423 g/mol. The number of carbonyl (C=O) groups is 1. The second-order valence-electron chi connectivity index (χ2n) is 8.48. The lowest BCUT2D eigenvalue weighted by atomic mass is 9.91. The lowest BCUT2D eigenvalue weighted by Crippen LogP contribution is -2.56. The van der Waals surface area contributed by atoms with Gasteiger partial charge in [-0.2, -0.15) is 4.31 Å². The van der Waals surface area contributed by atoms with Crippen molar-refractivity contribution in [3.8, 4) is 5.75 Å². The molecule has 2 aliphatic heterocycles. The zero-order chi connectivity index (χ0) is 21.2. The zero-order valence-electron chi connectivity index (χ0n) is 17.9. The fraction of sp³-hybridized carbons (Fsp3) is 0.667. The molecule has 0 aromatic heterocycles. The van der Waals surface area contributed by atoms with Crippen molar-refractivity contribution in [3.63, 3.8) is 0 Å². The van der Waals surface area contributed by atoms with Crippen molar-refractivity contribution >= 4 is 15.9 Å². The minimum absolute atomic E-state index is 0.162. The number of likely N-dealkylation sites (tertiary alicyclic amines) is 1. The molecule has 0 radical (unpaired) electrons. The number of benzene rings is 1. The van der Waals surface area contributed by atoms with Crippen LogP contribution in [0.25, 0.3) is 0 Å². The average molecular weight is 424 g/mol. The smallest absolute Gasteiger partial charge is 0.243 e. The average Bonchev–Trinajstić information content (AvgIpc) is 2.72. The molecule has 0 N–H and O–H groups in total. The molecule has 1 amide bonds. The summed E-state index contributed by atoms with van der Waals surface area (Å²) in [6.45, 7) is 9.87. The van der Waals surface area contributed by atoms with Gasteiger partial charge in [-0.25, -0.2) is 8.42 Å². The number of piperazine rings is 1. The maximum absolute atomic E-state index is 13.0. The molecule has 0 aliphatic carbocycles. The van der Waals surface area contributed by atoms with Gasteiger partial charge in [0.25, 0.3) is 0 Å². The highest BCUT2D eigenvalue weighted by molar-refractivity contribution is 7.89. The number of hydrogen-bond donors (Lipinski definition) is 0. The third-order valence-electron chi connectivity index (χ3n) is 6.06. The van der Waals surface area contributed by atoms with Crippen LogP contribution in [0.3, 0.4) is 0 Å². The summed E-state index contributed by atoms with van der Waals surface area (Å²) in [5, 5.41) is 0. The lowest BCUT2D eigenvalue weighted by molar-refractivity contribution is -0.139. The summed E-state index contributed by atoms with van der Waals surface area (Å²) in [5.41, 5.74) is 0. The van der Waals surface area contributed by atoms with E-state index in [-0.39, 0.29) is 16.8 Å². The molecule has 0 spiro atoms. The van der Waals surface area contributed by atoms with Crippen LogP contribution in [-0.4, -0.2) is 80.9 Å². The van der Waals surface area contributed by atoms with Crippen LogP contribution in [0.5, 0.6) is 5.75 Å². The van der Waals surface area contributed by atoms with E-state index in [2.05, 4.69) is 18.7 Å². The third-order valence-corrected chi connectivity index (χ3v) is 7.97. The van der Waals surface area contributed by atoms with Crippen LogP contribution in [0.4, 0.5) is 0 Å². The zero-order valence-corrected chi connectivity index (χ0v) is 18.7. The highest BCUT2D eigenvalue weighted by atomic mass is 32.2. The van der Waals surface area contributed by atoms with Crippen molar-refractivity contribution in [2.24, 2.45) is 11.8 Å². The number of rotatable bonds is 5. The molecular formula is C21H33N3O4S. The Labute approximate surface area is 174 Å². The van der Waals surface area contributed by atoms with E-state index in [1.165, 1.54) is 10.7 Å². The second-order valence-corrected chi connectivity index (χ2v) is 10.4. The normalized spacial score (nSPS) is 25.6. The first-order valence-corrected chi connectivity index (χ1v) is 11.8. The number of ether oxygens (including phenoxy) is 1. The number of amides is 1. The van der Waals surface area contributed by atoms with E-state index in [0.717, 1.165) is 13.1 Å². The van der Waals surface area contributed by atoms with E-state index in [4.69, 9.17) is 4.74 Å². The summed E-state index contributed by atoms with van der Waals surface area (Å²) in [5.74, 6) is 1.85. The van der Waals surface area contributed by atoms with Gasteiger partial charge in [0.05, 0.1) is 18.0 Å². The predicted molar refractivity (Wildman–Crippen MR) is 112 cm³/mol. The summed E-state index contributed by atoms with van der Waals surface area (Å²) in [6.07, 6.45) is 1.17. The van der Waals surface area contributed by atoms with Crippen LogP contribution >= 0.6 is 0 Å². The maximum Gasteiger partial charge on any atom is 0.243 e. The summed E-state index contributed by atoms with van der Waals surface area (Å²) in [7, 11) is -1.98. The molecule has 0 bridgehead atoms. The van der Waals surface area contributed by atoms with Crippen molar-refractivity contribution in [2.75, 3.05) is 46.4 Å². The Balaban J connectivity index is 1.59. The van der Waals surface area contributed by atoms with Gasteiger partial charge < -0.3 is 9.64 Å². The Morgan fingerprint density at radius 3 is 2.10 bits per heavy atom. The first-order chi connectivity index (χ1) is 13.7. The van der Waals surface area contributed by atoms with E-state index in [1.807, 2.05) is 11.8 Å². The van der Waals surface area contributed by atoms with Crippen LogP contribution in [0.15, 0.2) is 29.2 Å². The topological polar surface area (TPSA) is 70.2 Å². The standard InChI is InChI=1S/C21H33N3O4S/c1-16-13-17(2)15-23(14-16)21(25)18(3)22-9-11-24(12-10-22)29(26,27)20-7-5-19(28-4)6-8-20/h5-8,16-18H,9-15H2,1-4H3/t16-,17-,18-/m1/s1. The molecule has 162 valence electrons. The van der Waals surface area contributed by atoms with Gasteiger partial charge in [0.15, 0.2) is 0 Å². The SMILES string of the molecule is COc1ccc(S(=O)(=O)N2CCN([C@H](C)C(=O)N3C[C@H](C)C[C@@H](C)C3)CC2)cc1. The molecule has 0 saturated carbocycles. The van der Waals surface area contributed by atoms with Gasteiger partial charge in [0, 0.05) is 39.3 Å². The molecule has 29 heavy (non-hydrogen) atoms. The fourth-order valence-corrected chi connectivity index (χ4v) is 5.91. The summed E-state index contributed by atoms with van der Waals surface area (Å²) in [6, 6.07) is 6.24. The highest BCUT2D eigenvalue weighted by Gasteiger charge is 2.34. The minimum Gasteiger partial charge on any atom is -0.497 e. The summed E-state index contributed by atoms with van der Waals surface area (Å²) in [4.78, 5) is 17.4. The van der Waals surface area contributed by atoms with Crippen LogP contribution < -0.4 is 4.74 Å². The van der Waals surface area contributed by atoms with Crippen LogP contribution in [0.2, 0.25) is 0 Å². The van der Waals surface area contributed by atoms with Crippen molar-refractivity contribution in [2.45, 2.75) is 38.1 Å². The van der Waals surface area contributed by atoms with E-state index >= 15 is 0 Å². The first kappa shape index (κ1) is 22.1. The molecule has 0 unspecified atom stereocenters. The van der Waals surface area contributed by atoms with Gasteiger partial charge in [-0.1, -0.05) is 13.8 Å². The van der Waals surface area contributed by atoms with Gasteiger partial charge in [0.1, 0.15) is 5.75 Å². The summed E-state index contributed by atoms with van der Waals surface area (Å²) < 4.78 is 32.4. The molecule has 2 saturated heterocycles. The largest absolute Gasteiger partial charge is 0.497 e. The lowest BCUT2D eigenvalue weighted by Gasteiger charge is -2.41. The minimum atomic E-state index is -3.54. The van der Waals surface area contributed by atoms with Crippen molar-refractivity contribution in [1.82, 2.24) is 14.1 Å². The molecule has 2 heterocycles. The number of nitrogens with zero attached hydrogens (tertiary/aromatic N) is 3. The second kappa shape index (κ2) is 9.02. The molecule has 2 fully saturated rings. The van der Waals surface area contributed by atoms with Crippen molar-refractivity contribution in [3.05, 3.63) is 24.3 Å². The van der Waals surface area contributed by atoms with E-state index in [0.29, 0.717) is 43.8 Å². The van der Waals surface area contributed by atoms with E-state index in [1.54, 1.807) is 31.4 Å². The predicted octanol–water partition coefficient (Wildman–Crippen LogP) is 1.89. The quantitative estimate of drug-likeness (QED) is 0.723. The number of methoxy groups -OCH3 is 1. The first-order valence-electron chi connectivity index (χ1n) is 10.4. The Bertz CT molecular complexity index is 794. The van der Waals surface area contributed by atoms with Crippen LogP contribution in [-0.2, 0) is 14.8 Å². The Hall–Kier alpha value is -1.64. The van der Waals surface area contributed by atoms with Gasteiger partial charge in [0.2, 0.25) is 15.9 Å². The molecule has 3 rings (SSSR count). The van der Waals surface area contributed by atoms with Crippen LogP contribution in [0.1, 0.15) is 27.2 Å². The number of hydrogen-bond acceptors (Lipinski definition) is 5. The molecule has 3 atom stereocenters. The third kappa shape index (κ3) is 4.92. The molecule has 1 aromatic rings. The number of piperidine rings is 1. The number of carbonyl (C=O) groups excluding carboxylic acids is 1. The van der Waals surface area contributed by atoms with Crippen molar-refractivity contribution < 1.29 is 17.9 Å². The Kier molecular flexibility index (Phi) is 6.86. The summed E-state index contributed by atoms with van der Waals surface area (Å²) >= 11 is 0. The number of sulfonamides is 1. The maximum atomic E-state index is 13.0. The van der Waals surface area contributed by atoms with Crippen molar-refractivity contribution in [1.29, 1.82) is 0 Å². The van der Waals surface area contributed by atoms with Gasteiger partial charge >= 0.3 is 0 Å². The van der Waals surface area contributed by atoms with Gasteiger partial charge in [-0.05, 0) is 49.4 Å². The Morgan fingerprint density at radius 2 is 1.59 bits per heavy atom. The van der Waals surface area contributed by atoms with Gasteiger partial charge in [-0.15, -0.1) is 0 Å². The molecule has 7 nitrogen and oxygen atoms in total. The Morgan fingerprint density at radius 1 is 1.03 bits per heavy atom. The molecule has 8 heteroatoms.